The molecule has 1 aromatic rings. The lowest BCUT2D eigenvalue weighted by atomic mass is 10.1. The third-order valence-corrected chi connectivity index (χ3v) is 2.74. The van der Waals surface area contributed by atoms with Gasteiger partial charge < -0.3 is 5.73 Å². The molecule has 96 valence electrons. The lowest BCUT2D eigenvalue weighted by molar-refractivity contribution is -0.145. The number of hydrogen-bond acceptors (Lipinski definition) is 3. The Morgan fingerprint density at radius 3 is 2.24 bits per heavy atom. The number of thiocarbonyl (C=S) groups is 1. The van der Waals surface area contributed by atoms with Gasteiger partial charge in [-0.05, 0) is 12.8 Å². The van der Waals surface area contributed by atoms with Gasteiger partial charge >= 0.3 is 6.18 Å². The summed E-state index contributed by atoms with van der Waals surface area (Å²) in [5, 5.41) is 6.92. The van der Waals surface area contributed by atoms with Gasteiger partial charge in [0.2, 0.25) is 0 Å². The Morgan fingerprint density at radius 2 is 1.88 bits per heavy atom. The summed E-state index contributed by atoms with van der Waals surface area (Å²) >= 11 is 4.55. The summed E-state index contributed by atoms with van der Waals surface area (Å²) < 4.78 is 39.6. The van der Waals surface area contributed by atoms with E-state index in [0.29, 0.717) is 0 Å². The minimum atomic E-state index is -4.58. The van der Waals surface area contributed by atoms with Crippen LogP contribution in [0.1, 0.15) is 38.2 Å². The molecule has 0 spiro atoms. The Bertz CT molecular complexity index is 424. The second-order valence-electron chi connectivity index (χ2n) is 4.08. The fraction of sp³-hybridized carbons (Fsp3) is 0.667. The fourth-order valence-corrected chi connectivity index (χ4v) is 1.43. The normalized spacial score (nSPS) is 14.1. The molecule has 1 aromatic heterocycles. The van der Waals surface area contributed by atoms with Crippen LogP contribution in [0.25, 0.3) is 0 Å². The average Bonchev–Trinajstić information content (AvgIpc) is 2.59. The zero-order valence-corrected chi connectivity index (χ0v) is 10.4. The van der Waals surface area contributed by atoms with Gasteiger partial charge in [-0.2, -0.15) is 13.2 Å². The quantitative estimate of drug-likeness (QED) is 0.852. The third kappa shape index (κ3) is 2.74. The van der Waals surface area contributed by atoms with Crippen LogP contribution in [0.2, 0.25) is 0 Å². The smallest absolute Gasteiger partial charge is 0.388 e. The van der Waals surface area contributed by atoms with E-state index in [1.54, 1.807) is 20.8 Å². The van der Waals surface area contributed by atoms with Crippen LogP contribution in [0.4, 0.5) is 13.2 Å². The average molecular weight is 266 g/mol. The second kappa shape index (κ2) is 4.59. The van der Waals surface area contributed by atoms with Crippen LogP contribution < -0.4 is 5.73 Å². The van der Waals surface area contributed by atoms with Crippen molar-refractivity contribution in [3.63, 3.8) is 0 Å². The maximum Gasteiger partial charge on any atom is 0.435 e. The molecular formula is C9H13F3N4S. The fourth-order valence-electron chi connectivity index (χ4n) is 1.29. The number of rotatable bonds is 3. The van der Waals surface area contributed by atoms with Crippen molar-refractivity contribution < 1.29 is 13.2 Å². The number of halogens is 3. The maximum atomic E-state index is 12.9. The molecule has 0 aliphatic rings. The summed E-state index contributed by atoms with van der Waals surface area (Å²) in [4.78, 5) is -0.403. The van der Waals surface area contributed by atoms with E-state index in [0.717, 1.165) is 4.68 Å². The molecule has 1 heterocycles. The van der Waals surface area contributed by atoms with E-state index in [2.05, 4.69) is 22.5 Å². The van der Waals surface area contributed by atoms with Crippen LogP contribution in [-0.2, 0) is 6.18 Å². The summed E-state index contributed by atoms with van der Waals surface area (Å²) in [5.41, 5.74) is 3.76. The SMILES string of the molecule is CC(C)C(C)n1nnc(C(N)=S)c1C(F)(F)F. The van der Waals surface area contributed by atoms with Crippen LogP contribution in [0.5, 0.6) is 0 Å². The number of aromatic nitrogens is 3. The molecule has 8 heteroatoms. The van der Waals surface area contributed by atoms with E-state index in [1.807, 2.05) is 0 Å². The Kier molecular flexibility index (Phi) is 3.75. The van der Waals surface area contributed by atoms with E-state index >= 15 is 0 Å². The van der Waals surface area contributed by atoms with E-state index < -0.39 is 28.6 Å². The molecule has 0 amide bonds. The molecule has 0 aromatic carbocycles. The lowest BCUT2D eigenvalue weighted by Crippen LogP contribution is -2.24. The lowest BCUT2D eigenvalue weighted by Gasteiger charge is -2.19. The molecule has 0 fully saturated rings. The zero-order valence-electron chi connectivity index (χ0n) is 9.62. The molecule has 0 saturated carbocycles. The monoisotopic (exact) mass is 266 g/mol. The molecule has 0 aliphatic heterocycles. The maximum absolute atomic E-state index is 12.9. The Hall–Kier alpha value is -1.18. The Labute approximate surface area is 102 Å². The van der Waals surface area contributed by atoms with Crippen molar-refractivity contribution in [1.29, 1.82) is 0 Å². The van der Waals surface area contributed by atoms with Crippen molar-refractivity contribution in [3.05, 3.63) is 11.4 Å². The summed E-state index contributed by atoms with van der Waals surface area (Å²) in [5.74, 6) is -0.0167. The highest BCUT2D eigenvalue weighted by molar-refractivity contribution is 7.80. The highest BCUT2D eigenvalue weighted by Gasteiger charge is 2.41. The molecule has 4 nitrogen and oxygen atoms in total. The number of alkyl halides is 3. The molecule has 2 N–H and O–H groups in total. The molecule has 1 unspecified atom stereocenters. The molecule has 0 bridgehead atoms. The van der Waals surface area contributed by atoms with Crippen molar-refractivity contribution in [2.24, 2.45) is 11.7 Å². The van der Waals surface area contributed by atoms with Crippen molar-refractivity contribution in [2.45, 2.75) is 33.0 Å². The standard InChI is InChI=1S/C9H13F3N4S/c1-4(2)5(3)16-7(9(10,11)12)6(8(13)17)14-15-16/h4-5H,1-3H3,(H2,13,17). The second-order valence-corrected chi connectivity index (χ2v) is 4.52. The van der Waals surface area contributed by atoms with Gasteiger partial charge in [0.1, 0.15) is 4.99 Å². The first-order chi connectivity index (χ1) is 7.66. The Morgan fingerprint density at radius 1 is 1.35 bits per heavy atom. The van der Waals surface area contributed by atoms with Crippen molar-refractivity contribution in [2.75, 3.05) is 0 Å². The first-order valence-electron chi connectivity index (χ1n) is 4.98. The van der Waals surface area contributed by atoms with Gasteiger partial charge in [-0.25, -0.2) is 4.68 Å². The van der Waals surface area contributed by atoms with Gasteiger partial charge in [-0.3, -0.25) is 0 Å². The van der Waals surface area contributed by atoms with Gasteiger partial charge in [0.05, 0.1) is 6.04 Å². The van der Waals surface area contributed by atoms with Gasteiger partial charge in [-0.1, -0.05) is 31.3 Å². The van der Waals surface area contributed by atoms with Gasteiger partial charge in [0.25, 0.3) is 0 Å². The van der Waals surface area contributed by atoms with Crippen LogP contribution >= 0.6 is 12.2 Å². The van der Waals surface area contributed by atoms with Crippen LogP contribution in [0, 0.1) is 5.92 Å². The van der Waals surface area contributed by atoms with Crippen LogP contribution in [-0.4, -0.2) is 20.0 Å². The molecule has 1 rings (SSSR count). The molecule has 17 heavy (non-hydrogen) atoms. The minimum Gasteiger partial charge on any atom is -0.388 e. The van der Waals surface area contributed by atoms with Crippen LogP contribution in [0.3, 0.4) is 0 Å². The van der Waals surface area contributed by atoms with Gasteiger partial charge in [0.15, 0.2) is 11.4 Å². The summed E-state index contributed by atoms with van der Waals surface area (Å²) in [6.45, 7) is 5.23. The largest absolute Gasteiger partial charge is 0.435 e. The van der Waals surface area contributed by atoms with Crippen LogP contribution in [0.15, 0.2) is 0 Å². The van der Waals surface area contributed by atoms with E-state index in [-0.39, 0.29) is 5.92 Å². The van der Waals surface area contributed by atoms with Gasteiger partial charge in [-0.15, -0.1) is 5.10 Å². The first kappa shape index (κ1) is 13.9. The number of hydrogen-bond donors (Lipinski definition) is 1. The van der Waals surface area contributed by atoms with E-state index in [1.165, 1.54) is 0 Å². The van der Waals surface area contributed by atoms with E-state index in [9.17, 15) is 13.2 Å². The van der Waals surface area contributed by atoms with Crippen molar-refractivity contribution in [1.82, 2.24) is 15.0 Å². The van der Waals surface area contributed by atoms with Gasteiger partial charge in [0, 0.05) is 0 Å². The highest BCUT2D eigenvalue weighted by Crippen LogP contribution is 2.33. The summed E-state index contributed by atoms with van der Waals surface area (Å²) in [7, 11) is 0. The Balaban J connectivity index is 3.38. The third-order valence-electron chi connectivity index (χ3n) is 2.55. The minimum absolute atomic E-state index is 0.0167. The zero-order chi connectivity index (χ0) is 13.4. The molecule has 0 radical (unpaired) electrons. The summed E-state index contributed by atoms with van der Waals surface area (Å²) in [6, 6.07) is -0.442. The predicted octanol–water partition coefficient (Wildman–Crippen LogP) is 2.15. The molecule has 0 saturated heterocycles. The topological polar surface area (TPSA) is 56.7 Å². The highest BCUT2D eigenvalue weighted by atomic mass is 32.1. The number of nitrogens with two attached hydrogens (primary N) is 1. The molecule has 0 aliphatic carbocycles. The summed E-state index contributed by atoms with van der Waals surface area (Å²) in [6.07, 6.45) is -4.58. The van der Waals surface area contributed by atoms with Crippen molar-refractivity contribution >= 4 is 17.2 Å². The molecule has 1 atom stereocenters. The van der Waals surface area contributed by atoms with Crippen molar-refractivity contribution in [3.8, 4) is 0 Å². The predicted molar refractivity (Wildman–Crippen MR) is 60.5 cm³/mol. The first-order valence-corrected chi connectivity index (χ1v) is 5.39. The molecular weight excluding hydrogens is 253 g/mol. The van der Waals surface area contributed by atoms with E-state index in [4.69, 9.17) is 5.73 Å². The number of nitrogens with zero attached hydrogens (tertiary/aromatic N) is 3.